The molecule has 2 rings (SSSR count). The molecule has 0 radical (unpaired) electrons. The zero-order valence-corrected chi connectivity index (χ0v) is 16.0. The number of carbonyl (C=O) groups is 2. The van der Waals surface area contributed by atoms with Gasteiger partial charge in [-0.25, -0.2) is 0 Å². The molecule has 2 fully saturated rings. The van der Waals surface area contributed by atoms with Crippen molar-refractivity contribution in [2.45, 2.75) is 69.3 Å². The number of hydrogen-bond acceptors (Lipinski definition) is 6. The highest BCUT2D eigenvalue weighted by atomic mass is 16.8. The first-order valence-corrected chi connectivity index (χ1v) is 9.07. The van der Waals surface area contributed by atoms with Gasteiger partial charge in [0, 0.05) is 6.54 Å². The average Bonchev–Trinajstić information content (AvgIpc) is 2.73. The van der Waals surface area contributed by atoms with E-state index in [0.717, 1.165) is 12.8 Å². The quantitative estimate of drug-likeness (QED) is 0.559. The van der Waals surface area contributed by atoms with Gasteiger partial charge >= 0.3 is 0 Å². The summed E-state index contributed by atoms with van der Waals surface area (Å²) < 4.78 is 11.5. The van der Waals surface area contributed by atoms with Crippen LogP contribution in [0.1, 0.15) is 33.1 Å². The van der Waals surface area contributed by atoms with Gasteiger partial charge < -0.3 is 25.2 Å². The Hall–Kier alpha value is -1.48. The number of rotatable bonds is 6. The molecule has 3 N–H and O–H groups in total. The molecule has 0 saturated carbocycles. The van der Waals surface area contributed by atoms with Crippen LogP contribution in [0.25, 0.3) is 0 Å². The fourth-order valence-electron chi connectivity index (χ4n) is 3.47. The molecule has 8 nitrogen and oxygen atoms in total. The lowest BCUT2D eigenvalue weighted by molar-refractivity contribution is -0.161. The monoisotopic (exact) mass is 369 g/mol. The second kappa shape index (κ2) is 8.47. The first kappa shape index (κ1) is 20.8. The number of hydrogen-bond donors (Lipinski definition) is 3. The molecule has 2 heterocycles. The summed E-state index contributed by atoms with van der Waals surface area (Å²) in [5, 5.41) is 16.4. The summed E-state index contributed by atoms with van der Waals surface area (Å²) in [6.45, 7) is 7.83. The number of nitrogens with one attached hydrogen (secondary N) is 2. The fourth-order valence-corrected chi connectivity index (χ4v) is 3.47. The summed E-state index contributed by atoms with van der Waals surface area (Å²) >= 11 is 0. The van der Waals surface area contributed by atoms with Crippen molar-refractivity contribution in [3.05, 3.63) is 12.7 Å². The topological polar surface area (TPSA) is 100 Å². The molecule has 0 spiro atoms. The molecule has 148 valence electrons. The number of aliphatic hydroxyl groups is 1. The fraction of sp³-hybridized carbons (Fsp3) is 0.778. The van der Waals surface area contributed by atoms with Crippen molar-refractivity contribution in [2.24, 2.45) is 0 Å². The predicted octanol–water partition coefficient (Wildman–Crippen LogP) is -0.231. The van der Waals surface area contributed by atoms with Crippen molar-refractivity contribution in [1.82, 2.24) is 15.5 Å². The molecule has 2 amide bonds. The maximum absolute atomic E-state index is 12.9. The van der Waals surface area contributed by atoms with E-state index in [0.29, 0.717) is 13.0 Å². The molecule has 0 aliphatic carbocycles. The molecule has 0 aromatic carbocycles. The third kappa shape index (κ3) is 4.82. The van der Waals surface area contributed by atoms with Gasteiger partial charge in [0.25, 0.3) is 0 Å². The normalized spacial score (nSPS) is 31.0. The van der Waals surface area contributed by atoms with Crippen LogP contribution in [0.5, 0.6) is 0 Å². The van der Waals surface area contributed by atoms with Crippen molar-refractivity contribution in [2.75, 3.05) is 20.6 Å². The largest absolute Gasteiger partial charge is 0.388 e. The zero-order valence-electron chi connectivity index (χ0n) is 16.0. The van der Waals surface area contributed by atoms with E-state index in [1.807, 2.05) is 0 Å². The van der Waals surface area contributed by atoms with E-state index in [4.69, 9.17) is 9.47 Å². The van der Waals surface area contributed by atoms with Crippen LogP contribution in [0.4, 0.5) is 0 Å². The Morgan fingerprint density at radius 1 is 1.42 bits per heavy atom. The predicted molar refractivity (Wildman–Crippen MR) is 96.3 cm³/mol. The highest BCUT2D eigenvalue weighted by Crippen LogP contribution is 2.32. The maximum Gasteiger partial charge on any atom is 0.242 e. The molecule has 2 saturated heterocycles. The van der Waals surface area contributed by atoms with Gasteiger partial charge in [0.2, 0.25) is 11.8 Å². The first-order chi connectivity index (χ1) is 12.2. The van der Waals surface area contributed by atoms with Crippen LogP contribution >= 0.6 is 0 Å². The van der Waals surface area contributed by atoms with Crippen molar-refractivity contribution < 1.29 is 24.2 Å². The Morgan fingerprint density at radius 3 is 2.73 bits per heavy atom. The van der Waals surface area contributed by atoms with E-state index in [1.54, 1.807) is 38.9 Å². The number of aliphatic hydroxyl groups excluding tert-OH is 1. The van der Waals surface area contributed by atoms with Gasteiger partial charge in [0.05, 0.1) is 0 Å². The summed E-state index contributed by atoms with van der Waals surface area (Å²) in [6.07, 6.45) is 1.47. The minimum atomic E-state index is -1.15. The zero-order chi connectivity index (χ0) is 19.5. The summed E-state index contributed by atoms with van der Waals surface area (Å²) in [6, 6.07) is -1.48. The van der Waals surface area contributed by atoms with Gasteiger partial charge in [-0.15, -0.1) is 6.58 Å². The highest BCUT2D eigenvalue weighted by molar-refractivity contribution is 5.90. The molecule has 0 bridgehead atoms. The number of nitrogens with zero attached hydrogens (tertiary/aromatic N) is 1. The number of likely N-dealkylation sites (N-methyl/N-ethyl adjacent to an activating group) is 1. The van der Waals surface area contributed by atoms with Crippen LogP contribution < -0.4 is 10.6 Å². The van der Waals surface area contributed by atoms with Crippen LogP contribution in [0, 0.1) is 0 Å². The van der Waals surface area contributed by atoms with Gasteiger partial charge in [-0.2, -0.15) is 0 Å². The summed E-state index contributed by atoms with van der Waals surface area (Å²) in [5.41, 5.74) is 0. The minimum absolute atomic E-state index is 0.187. The van der Waals surface area contributed by atoms with Gasteiger partial charge in [-0.1, -0.05) is 6.08 Å². The lowest BCUT2D eigenvalue weighted by Gasteiger charge is -2.33. The summed E-state index contributed by atoms with van der Waals surface area (Å²) in [5.74, 6) is -1.48. The third-order valence-electron chi connectivity index (χ3n) is 4.73. The van der Waals surface area contributed by atoms with Gasteiger partial charge in [-0.05, 0) is 47.2 Å². The lowest BCUT2D eigenvalue weighted by Crippen LogP contribution is -2.59. The second-order valence-corrected chi connectivity index (χ2v) is 7.55. The van der Waals surface area contributed by atoms with Gasteiger partial charge in [0.1, 0.15) is 30.4 Å². The molecule has 5 atom stereocenters. The number of carbonyl (C=O) groups excluding carboxylic acids is 2. The number of ether oxygens (including phenoxy) is 2. The average molecular weight is 369 g/mol. The minimum Gasteiger partial charge on any atom is -0.388 e. The van der Waals surface area contributed by atoms with E-state index >= 15 is 0 Å². The van der Waals surface area contributed by atoms with E-state index in [1.165, 1.54) is 0 Å². The molecule has 2 aliphatic rings. The maximum atomic E-state index is 12.9. The van der Waals surface area contributed by atoms with Gasteiger partial charge in [0.15, 0.2) is 5.79 Å². The molecule has 0 unspecified atom stereocenters. The molecule has 8 heteroatoms. The third-order valence-corrected chi connectivity index (χ3v) is 4.73. The molecule has 26 heavy (non-hydrogen) atoms. The Balaban J connectivity index is 2.12. The Kier molecular flexibility index (Phi) is 6.79. The highest BCUT2D eigenvalue weighted by Gasteiger charge is 2.48. The Bertz CT molecular complexity index is 537. The number of amides is 2. The smallest absolute Gasteiger partial charge is 0.242 e. The lowest BCUT2D eigenvalue weighted by atomic mass is 9.98. The first-order valence-electron chi connectivity index (χ1n) is 9.07. The van der Waals surface area contributed by atoms with Crippen LogP contribution in [0.2, 0.25) is 0 Å². The van der Waals surface area contributed by atoms with Crippen LogP contribution in [-0.2, 0) is 19.1 Å². The van der Waals surface area contributed by atoms with E-state index < -0.39 is 42.1 Å². The van der Waals surface area contributed by atoms with Crippen molar-refractivity contribution in [3.63, 3.8) is 0 Å². The van der Waals surface area contributed by atoms with Crippen LogP contribution in [-0.4, -0.2) is 78.6 Å². The van der Waals surface area contributed by atoms with Crippen LogP contribution in [0.15, 0.2) is 12.7 Å². The summed E-state index contributed by atoms with van der Waals surface area (Å²) in [7, 11) is 3.40. The molecule has 0 aromatic rings. The van der Waals surface area contributed by atoms with Crippen molar-refractivity contribution >= 4 is 11.8 Å². The summed E-state index contributed by atoms with van der Waals surface area (Å²) in [4.78, 5) is 26.6. The molecular formula is C18H31N3O5. The molecule has 2 aliphatic heterocycles. The van der Waals surface area contributed by atoms with Gasteiger partial charge in [-0.3, -0.25) is 14.5 Å². The molecule has 0 aromatic heterocycles. The van der Waals surface area contributed by atoms with E-state index in [-0.39, 0.29) is 5.91 Å². The van der Waals surface area contributed by atoms with E-state index in [2.05, 4.69) is 17.2 Å². The van der Waals surface area contributed by atoms with Crippen molar-refractivity contribution in [3.8, 4) is 0 Å². The molecular weight excluding hydrogens is 338 g/mol. The standard InChI is InChI=1S/C18H31N3O5/c1-6-12-15(26-18(2,3)25-12)14(22)13(21(4)5)17(24)20-11-9-7-8-10-19-16(11)23/h6,11-15,22H,1,7-10H2,2-5H3,(H,19,23)(H,20,24)/t11-,12+,13+,14-,15-/m0/s1. The van der Waals surface area contributed by atoms with Crippen LogP contribution in [0.3, 0.4) is 0 Å². The SMILES string of the molecule is C=C[C@H]1OC(C)(C)O[C@@H]1[C@@H](O)[C@H](C(=O)N[C@H]1CCCCNC1=O)N(C)C. The second-order valence-electron chi connectivity index (χ2n) is 7.55. The van der Waals surface area contributed by atoms with Crippen molar-refractivity contribution in [1.29, 1.82) is 0 Å². The Labute approximate surface area is 154 Å². The Morgan fingerprint density at radius 2 is 2.12 bits per heavy atom. The van der Waals surface area contributed by atoms with E-state index in [9.17, 15) is 14.7 Å².